The number of carbonyl (C=O) groups is 2. The van der Waals surface area contributed by atoms with Crippen LogP contribution in [0.3, 0.4) is 0 Å². The molecule has 0 unspecified atom stereocenters. The van der Waals surface area contributed by atoms with Crippen LogP contribution in [0, 0.1) is 5.92 Å². The van der Waals surface area contributed by atoms with E-state index in [0.29, 0.717) is 26.0 Å². The van der Waals surface area contributed by atoms with Crippen LogP contribution in [0.1, 0.15) is 19.8 Å². The number of hydrogen-bond acceptors (Lipinski definition) is 3. The summed E-state index contributed by atoms with van der Waals surface area (Å²) >= 11 is 0. The fraction of sp³-hybridized carbons (Fsp3) is 0.750. The molecule has 1 N–H and O–H groups in total. The van der Waals surface area contributed by atoms with Crippen LogP contribution in [0.2, 0.25) is 0 Å². The van der Waals surface area contributed by atoms with Gasteiger partial charge >= 0.3 is 5.97 Å². The van der Waals surface area contributed by atoms with Crippen LogP contribution in [0.4, 0.5) is 0 Å². The number of esters is 1. The molecule has 0 bridgehead atoms. The summed E-state index contributed by atoms with van der Waals surface area (Å²) < 4.78 is 4.83. The normalized spacial score (nSPS) is 23.1. The number of piperidine rings is 1. The summed E-state index contributed by atoms with van der Waals surface area (Å²) in [5.41, 5.74) is 0. The summed E-state index contributed by atoms with van der Waals surface area (Å²) in [5, 5.41) is 2.63. The molecule has 1 rings (SSSR count). The van der Waals surface area contributed by atoms with Gasteiger partial charge in [0.15, 0.2) is 0 Å². The monoisotopic (exact) mass is 171 g/mol. The molecule has 0 aliphatic carbocycles. The maximum Gasteiger partial charge on any atom is 0.310 e. The lowest BCUT2D eigenvalue weighted by atomic mass is 10.00. The van der Waals surface area contributed by atoms with Crippen molar-refractivity contribution in [1.82, 2.24) is 5.32 Å². The smallest absolute Gasteiger partial charge is 0.310 e. The molecule has 0 aromatic heterocycles. The maximum absolute atomic E-state index is 11.1. The van der Waals surface area contributed by atoms with Crippen LogP contribution < -0.4 is 5.32 Å². The van der Waals surface area contributed by atoms with E-state index < -0.39 is 0 Å². The van der Waals surface area contributed by atoms with Gasteiger partial charge in [-0.05, 0) is 13.3 Å². The quantitative estimate of drug-likeness (QED) is 0.598. The molecule has 0 aromatic carbocycles. The van der Waals surface area contributed by atoms with E-state index in [2.05, 4.69) is 5.32 Å². The zero-order valence-corrected chi connectivity index (χ0v) is 7.13. The number of hydrogen-bond donors (Lipinski definition) is 1. The van der Waals surface area contributed by atoms with E-state index in [1.165, 1.54) is 0 Å². The SMILES string of the molecule is CCOC(=O)[C@H]1CCC(=O)NC1. The van der Waals surface area contributed by atoms with Crippen molar-refractivity contribution in [3.05, 3.63) is 0 Å². The van der Waals surface area contributed by atoms with Gasteiger partial charge in [0, 0.05) is 13.0 Å². The predicted octanol–water partition coefficient (Wildman–Crippen LogP) is 0.0757. The van der Waals surface area contributed by atoms with Crippen LogP contribution in [-0.4, -0.2) is 25.0 Å². The molecule has 1 aliphatic rings. The van der Waals surface area contributed by atoms with Crippen molar-refractivity contribution in [2.24, 2.45) is 5.92 Å². The van der Waals surface area contributed by atoms with E-state index >= 15 is 0 Å². The van der Waals surface area contributed by atoms with Gasteiger partial charge in [-0.15, -0.1) is 0 Å². The van der Waals surface area contributed by atoms with Gasteiger partial charge in [-0.25, -0.2) is 0 Å². The van der Waals surface area contributed by atoms with Crippen LogP contribution in [-0.2, 0) is 14.3 Å². The summed E-state index contributed by atoms with van der Waals surface area (Å²) in [6.07, 6.45) is 1.05. The molecular weight excluding hydrogens is 158 g/mol. The molecule has 1 amide bonds. The molecule has 4 nitrogen and oxygen atoms in total. The number of nitrogens with one attached hydrogen (secondary N) is 1. The number of ether oxygens (including phenoxy) is 1. The van der Waals surface area contributed by atoms with Crippen molar-refractivity contribution >= 4 is 11.9 Å². The Bertz CT molecular complexity index is 181. The van der Waals surface area contributed by atoms with Gasteiger partial charge in [-0.3, -0.25) is 9.59 Å². The van der Waals surface area contributed by atoms with Crippen molar-refractivity contribution < 1.29 is 14.3 Å². The van der Waals surface area contributed by atoms with Crippen molar-refractivity contribution in [3.63, 3.8) is 0 Å². The second-order valence-electron chi connectivity index (χ2n) is 2.79. The average molecular weight is 171 g/mol. The summed E-state index contributed by atoms with van der Waals surface area (Å²) in [4.78, 5) is 21.9. The van der Waals surface area contributed by atoms with E-state index in [-0.39, 0.29) is 17.8 Å². The molecule has 1 heterocycles. The molecule has 1 aliphatic heterocycles. The molecule has 1 saturated heterocycles. The standard InChI is InChI=1S/C8H13NO3/c1-2-12-8(11)6-3-4-7(10)9-5-6/h6H,2-5H2,1H3,(H,9,10)/t6-/m0/s1. The molecule has 0 aromatic rings. The summed E-state index contributed by atoms with van der Waals surface area (Å²) in [5.74, 6) is -0.310. The summed E-state index contributed by atoms with van der Waals surface area (Å²) in [7, 11) is 0. The van der Waals surface area contributed by atoms with Gasteiger partial charge in [0.1, 0.15) is 0 Å². The second-order valence-corrected chi connectivity index (χ2v) is 2.79. The Morgan fingerprint density at radius 1 is 1.75 bits per heavy atom. The minimum absolute atomic E-state index is 0.0237. The summed E-state index contributed by atoms with van der Waals surface area (Å²) in [6, 6.07) is 0. The Morgan fingerprint density at radius 3 is 3.00 bits per heavy atom. The van der Waals surface area contributed by atoms with Crippen LogP contribution >= 0.6 is 0 Å². The third-order valence-electron chi connectivity index (χ3n) is 1.89. The second kappa shape index (κ2) is 4.09. The Hall–Kier alpha value is -1.06. The van der Waals surface area contributed by atoms with E-state index in [1.807, 2.05) is 0 Å². The van der Waals surface area contributed by atoms with E-state index in [9.17, 15) is 9.59 Å². The molecule has 12 heavy (non-hydrogen) atoms. The highest BCUT2D eigenvalue weighted by molar-refractivity contribution is 5.80. The molecular formula is C8H13NO3. The molecule has 1 atom stereocenters. The topological polar surface area (TPSA) is 55.4 Å². The fourth-order valence-electron chi connectivity index (χ4n) is 1.19. The van der Waals surface area contributed by atoms with Gasteiger partial charge in [-0.1, -0.05) is 0 Å². The third-order valence-corrected chi connectivity index (χ3v) is 1.89. The van der Waals surface area contributed by atoms with Crippen LogP contribution in [0.15, 0.2) is 0 Å². The first-order valence-corrected chi connectivity index (χ1v) is 4.17. The number of rotatable bonds is 2. The Morgan fingerprint density at radius 2 is 2.50 bits per heavy atom. The van der Waals surface area contributed by atoms with Gasteiger partial charge in [0.2, 0.25) is 5.91 Å². The third kappa shape index (κ3) is 2.22. The zero-order valence-electron chi connectivity index (χ0n) is 7.13. The van der Waals surface area contributed by atoms with Crippen molar-refractivity contribution in [1.29, 1.82) is 0 Å². The van der Waals surface area contributed by atoms with Crippen molar-refractivity contribution in [2.75, 3.05) is 13.2 Å². The Labute approximate surface area is 71.3 Å². The highest BCUT2D eigenvalue weighted by Crippen LogP contribution is 2.11. The predicted molar refractivity (Wildman–Crippen MR) is 42.4 cm³/mol. The van der Waals surface area contributed by atoms with Crippen LogP contribution in [0.5, 0.6) is 0 Å². The maximum atomic E-state index is 11.1. The summed E-state index contributed by atoms with van der Waals surface area (Å²) in [6.45, 7) is 2.61. The zero-order chi connectivity index (χ0) is 8.97. The average Bonchev–Trinajstić information content (AvgIpc) is 2.06. The number of carbonyl (C=O) groups excluding carboxylic acids is 2. The van der Waals surface area contributed by atoms with E-state index in [0.717, 1.165) is 0 Å². The largest absolute Gasteiger partial charge is 0.466 e. The van der Waals surface area contributed by atoms with Crippen LogP contribution in [0.25, 0.3) is 0 Å². The van der Waals surface area contributed by atoms with E-state index in [1.54, 1.807) is 6.92 Å². The molecule has 0 saturated carbocycles. The first-order valence-electron chi connectivity index (χ1n) is 4.17. The Balaban J connectivity index is 2.33. The fourth-order valence-corrected chi connectivity index (χ4v) is 1.19. The van der Waals surface area contributed by atoms with Crippen molar-refractivity contribution in [3.8, 4) is 0 Å². The molecule has 1 fully saturated rings. The lowest BCUT2D eigenvalue weighted by molar-refractivity contribution is -0.149. The lowest BCUT2D eigenvalue weighted by Gasteiger charge is -2.20. The van der Waals surface area contributed by atoms with Crippen molar-refractivity contribution in [2.45, 2.75) is 19.8 Å². The highest BCUT2D eigenvalue weighted by atomic mass is 16.5. The lowest BCUT2D eigenvalue weighted by Crippen LogP contribution is -2.39. The Kier molecular flexibility index (Phi) is 3.08. The van der Waals surface area contributed by atoms with Gasteiger partial charge in [-0.2, -0.15) is 0 Å². The minimum Gasteiger partial charge on any atom is -0.466 e. The van der Waals surface area contributed by atoms with Gasteiger partial charge in [0.05, 0.1) is 12.5 Å². The van der Waals surface area contributed by atoms with Gasteiger partial charge in [0.25, 0.3) is 0 Å². The molecule has 4 heteroatoms. The molecule has 0 radical (unpaired) electrons. The van der Waals surface area contributed by atoms with E-state index in [4.69, 9.17) is 4.74 Å². The first-order chi connectivity index (χ1) is 5.74. The molecule has 0 spiro atoms. The first kappa shape index (κ1) is 9.03. The number of amides is 1. The van der Waals surface area contributed by atoms with Gasteiger partial charge < -0.3 is 10.1 Å². The highest BCUT2D eigenvalue weighted by Gasteiger charge is 2.24. The molecule has 68 valence electrons. The minimum atomic E-state index is -0.197.